The van der Waals surface area contributed by atoms with Crippen molar-refractivity contribution in [2.24, 2.45) is 5.41 Å². The van der Waals surface area contributed by atoms with Crippen molar-refractivity contribution < 1.29 is 22.3 Å². The van der Waals surface area contributed by atoms with Gasteiger partial charge in [-0.25, -0.2) is 22.6 Å². The van der Waals surface area contributed by atoms with Gasteiger partial charge in [0.25, 0.3) is 0 Å². The summed E-state index contributed by atoms with van der Waals surface area (Å²) in [4.78, 5) is 22.9. The molecule has 2 aliphatic heterocycles. The molecule has 1 amide bonds. The number of carbonyl (C=O) groups is 1. The van der Waals surface area contributed by atoms with Gasteiger partial charge in [0, 0.05) is 41.0 Å². The second-order valence-electron chi connectivity index (χ2n) is 10.4. The molecule has 0 aliphatic carbocycles. The van der Waals surface area contributed by atoms with Gasteiger partial charge in [-0.15, -0.1) is 0 Å². The molecule has 0 bridgehead atoms. The summed E-state index contributed by atoms with van der Waals surface area (Å²) < 4.78 is 44.0. The van der Waals surface area contributed by atoms with Crippen molar-refractivity contribution in [3.8, 4) is 11.3 Å². The van der Waals surface area contributed by atoms with E-state index in [4.69, 9.17) is 4.74 Å². The minimum absolute atomic E-state index is 0.106. The van der Waals surface area contributed by atoms with Crippen molar-refractivity contribution in [1.29, 1.82) is 0 Å². The van der Waals surface area contributed by atoms with Gasteiger partial charge in [-0.2, -0.15) is 0 Å². The van der Waals surface area contributed by atoms with E-state index < -0.39 is 27.3 Å². The highest BCUT2D eigenvalue weighted by Gasteiger charge is 2.56. The minimum Gasteiger partial charge on any atom is -0.444 e. The van der Waals surface area contributed by atoms with Gasteiger partial charge in [-0.3, -0.25) is 4.98 Å². The Morgan fingerprint density at radius 3 is 2.63 bits per heavy atom. The van der Waals surface area contributed by atoms with E-state index in [9.17, 15) is 13.2 Å². The number of amides is 1. The van der Waals surface area contributed by atoms with E-state index in [1.165, 1.54) is 0 Å². The first-order valence-corrected chi connectivity index (χ1v) is 13.2. The molecule has 1 spiro atoms. The van der Waals surface area contributed by atoms with Crippen LogP contribution in [0.15, 0.2) is 42.6 Å². The van der Waals surface area contributed by atoms with E-state index >= 15 is 4.39 Å². The van der Waals surface area contributed by atoms with Crippen LogP contribution in [0.2, 0.25) is 0 Å². The molecule has 184 valence electrons. The number of benzene rings is 1. The quantitative estimate of drug-likeness (QED) is 0.585. The molecule has 3 aromatic rings. The summed E-state index contributed by atoms with van der Waals surface area (Å²) in [6.45, 7) is 6.72. The smallest absolute Gasteiger partial charge is 0.407 e. The van der Waals surface area contributed by atoms with Gasteiger partial charge in [0.2, 0.25) is 0 Å². The number of anilines is 1. The molecule has 10 heteroatoms. The average molecular weight is 499 g/mol. The standard InChI is InChI=1S/C25H27FN4O4S/c1-24(2,3)34-23(31)28-11-17-9-19-16(10-27-17)7-8-18(22(19)26)20-5-4-6-21(29-20)30-12-25(13-30)14-35(32,33)15-25/h4-10H,11-15H2,1-3H3,(H,28,31). The van der Waals surface area contributed by atoms with E-state index in [2.05, 4.69) is 15.3 Å². The van der Waals surface area contributed by atoms with Crippen LogP contribution in [0.25, 0.3) is 22.0 Å². The molecule has 1 N–H and O–H groups in total. The van der Waals surface area contributed by atoms with Crippen molar-refractivity contribution in [3.63, 3.8) is 0 Å². The summed E-state index contributed by atoms with van der Waals surface area (Å²) in [5, 5.41) is 3.66. The third-order valence-corrected chi connectivity index (χ3v) is 8.25. The number of fused-ring (bicyclic) bond motifs is 1. The number of nitrogens with one attached hydrogen (secondary N) is 1. The van der Waals surface area contributed by atoms with Crippen molar-refractivity contribution in [2.45, 2.75) is 32.9 Å². The van der Waals surface area contributed by atoms with Crippen molar-refractivity contribution in [3.05, 3.63) is 54.1 Å². The highest BCUT2D eigenvalue weighted by Crippen LogP contribution is 2.43. The molecular weight excluding hydrogens is 471 g/mol. The van der Waals surface area contributed by atoms with Gasteiger partial charge >= 0.3 is 6.09 Å². The van der Waals surface area contributed by atoms with Crippen LogP contribution in [0.4, 0.5) is 15.0 Å². The van der Waals surface area contributed by atoms with Gasteiger partial charge in [0.15, 0.2) is 9.84 Å². The summed E-state index contributed by atoms with van der Waals surface area (Å²) in [7, 11) is -2.89. The van der Waals surface area contributed by atoms with Gasteiger partial charge in [0.05, 0.1) is 29.4 Å². The lowest BCUT2D eigenvalue weighted by Gasteiger charge is -2.55. The SMILES string of the molecule is CC(C)(C)OC(=O)NCc1cc2c(F)c(-c3cccc(N4CC5(C4)CS(=O)(=O)C5)n3)ccc2cn1. The van der Waals surface area contributed by atoms with Gasteiger partial charge in [-0.05, 0) is 45.0 Å². The Morgan fingerprint density at radius 1 is 1.20 bits per heavy atom. The lowest BCUT2D eigenvalue weighted by Crippen LogP contribution is -2.68. The number of alkyl carbamates (subject to hydrolysis) is 1. The van der Waals surface area contributed by atoms with Crippen LogP contribution in [0.3, 0.4) is 0 Å². The topological polar surface area (TPSA) is 101 Å². The first-order valence-electron chi connectivity index (χ1n) is 11.4. The van der Waals surface area contributed by atoms with Crippen molar-refractivity contribution >= 4 is 32.5 Å². The second-order valence-corrected chi connectivity index (χ2v) is 12.5. The molecule has 4 heterocycles. The van der Waals surface area contributed by atoms with Gasteiger partial charge in [0.1, 0.15) is 17.2 Å². The summed E-state index contributed by atoms with van der Waals surface area (Å²) in [6.07, 6.45) is 1.01. The van der Waals surface area contributed by atoms with Crippen molar-refractivity contribution in [1.82, 2.24) is 15.3 Å². The predicted octanol–water partition coefficient (Wildman–Crippen LogP) is 3.70. The van der Waals surface area contributed by atoms with Crippen LogP contribution in [0.1, 0.15) is 26.5 Å². The minimum atomic E-state index is -2.89. The van der Waals surface area contributed by atoms with Crippen LogP contribution < -0.4 is 10.2 Å². The summed E-state index contributed by atoms with van der Waals surface area (Å²) in [5.74, 6) is 0.746. The maximum atomic E-state index is 15.6. The average Bonchev–Trinajstić information content (AvgIpc) is 2.73. The Hall–Kier alpha value is -3.27. The fourth-order valence-corrected chi connectivity index (χ4v) is 6.89. The fraction of sp³-hybridized carbons (Fsp3) is 0.400. The Morgan fingerprint density at radius 2 is 1.94 bits per heavy atom. The highest BCUT2D eigenvalue weighted by atomic mass is 32.2. The van der Waals surface area contributed by atoms with Crippen LogP contribution in [-0.2, 0) is 21.1 Å². The number of hydrogen-bond donors (Lipinski definition) is 1. The zero-order chi connectivity index (χ0) is 25.0. The van der Waals surface area contributed by atoms with Gasteiger partial charge < -0.3 is 15.0 Å². The predicted molar refractivity (Wildman–Crippen MR) is 131 cm³/mol. The fourth-order valence-electron chi connectivity index (χ4n) is 4.74. The van der Waals surface area contributed by atoms with E-state index in [1.807, 2.05) is 17.0 Å². The summed E-state index contributed by atoms with van der Waals surface area (Å²) in [6, 6.07) is 10.5. The first kappa shape index (κ1) is 23.5. The van der Waals surface area contributed by atoms with E-state index in [0.29, 0.717) is 46.6 Å². The molecule has 0 radical (unpaired) electrons. The Labute approximate surface area is 203 Å². The number of pyridine rings is 2. The normalized spacial score (nSPS) is 18.1. The zero-order valence-corrected chi connectivity index (χ0v) is 20.7. The number of ether oxygens (including phenoxy) is 1. The number of sulfone groups is 1. The van der Waals surface area contributed by atoms with E-state index in [-0.39, 0.29) is 23.5 Å². The lowest BCUT2D eigenvalue weighted by atomic mass is 9.83. The van der Waals surface area contributed by atoms with E-state index in [1.54, 1.807) is 51.2 Å². The maximum absolute atomic E-state index is 15.6. The van der Waals surface area contributed by atoms with Crippen LogP contribution in [-0.4, -0.2) is 54.7 Å². The summed E-state index contributed by atoms with van der Waals surface area (Å²) in [5.41, 5.74) is 0.590. The Kier molecular flexibility index (Phi) is 5.47. The van der Waals surface area contributed by atoms with Crippen LogP contribution in [0.5, 0.6) is 0 Å². The molecular formula is C25H27FN4O4S. The monoisotopic (exact) mass is 498 g/mol. The molecule has 0 unspecified atom stereocenters. The third kappa shape index (κ3) is 4.80. The zero-order valence-electron chi connectivity index (χ0n) is 19.8. The molecule has 35 heavy (non-hydrogen) atoms. The molecule has 1 aromatic carbocycles. The molecule has 2 aliphatic rings. The molecule has 2 saturated heterocycles. The van der Waals surface area contributed by atoms with Crippen LogP contribution >= 0.6 is 0 Å². The number of nitrogens with zero attached hydrogens (tertiary/aromatic N) is 3. The Bertz CT molecular complexity index is 1420. The third-order valence-electron chi connectivity index (χ3n) is 6.15. The maximum Gasteiger partial charge on any atom is 0.407 e. The van der Waals surface area contributed by atoms with E-state index in [0.717, 1.165) is 0 Å². The number of carbonyl (C=O) groups excluding carboxylic acids is 1. The molecule has 2 aromatic heterocycles. The highest BCUT2D eigenvalue weighted by molar-refractivity contribution is 7.92. The second kappa shape index (κ2) is 8.15. The first-order chi connectivity index (χ1) is 16.4. The molecule has 0 saturated carbocycles. The summed E-state index contributed by atoms with van der Waals surface area (Å²) >= 11 is 0. The number of halogens is 1. The number of hydrogen-bond acceptors (Lipinski definition) is 7. The molecule has 0 atom stereocenters. The molecule has 5 rings (SSSR count). The van der Waals surface area contributed by atoms with Crippen molar-refractivity contribution in [2.75, 3.05) is 29.5 Å². The van der Waals surface area contributed by atoms with Gasteiger partial charge in [-0.1, -0.05) is 12.1 Å². The van der Waals surface area contributed by atoms with Crippen LogP contribution in [0, 0.1) is 11.2 Å². The number of aromatic nitrogens is 2. The molecule has 2 fully saturated rings. The lowest BCUT2D eigenvalue weighted by molar-refractivity contribution is 0.0523. The number of rotatable bonds is 4. The Balaban J connectivity index is 1.35. The largest absolute Gasteiger partial charge is 0.444 e. The molecule has 8 nitrogen and oxygen atoms in total.